The number of methoxy groups -OCH3 is 2. The van der Waals surface area contributed by atoms with Gasteiger partial charge in [-0.25, -0.2) is 0 Å². The van der Waals surface area contributed by atoms with E-state index >= 15 is 0 Å². The summed E-state index contributed by atoms with van der Waals surface area (Å²) in [5.41, 5.74) is 0. The Kier molecular flexibility index (Phi) is 5.54. The van der Waals surface area contributed by atoms with Gasteiger partial charge in [-0.1, -0.05) is 23.5 Å². The Morgan fingerprint density at radius 2 is 1.04 bits per heavy atom. The maximum atomic E-state index is 5.20. The Morgan fingerprint density at radius 1 is 0.652 bits per heavy atom. The van der Waals surface area contributed by atoms with Crippen molar-refractivity contribution in [3.8, 4) is 11.5 Å². The van der Waals surface area contributed by atoms with E-state index in [9.17, 15) is 0 Å². The SMILES string of the molecule is COc1ccc(Sc2cscc2Sc2ccc(OC)cc2)cc1. The monoisotopic (exact) mass is 360 g/mol. The van der Waals surface area contributed by atoms with E-state index in [0.29, 0.717) is 0 Å². The summed E-state index contributed by atoms with van der Waals surface area (Å²) in [6.45, 7) is 0. The first-order valence-corrected chi connectivity index (χ1v) is 9.56. The fourth-order valence-electron chi connectivity index (χ4n) is 1.96. The van der Waals surface area contributed by atoms with Crippen molar-refractivity contribution in [2.75, 3.05) is 14.2 Å². The molecule has 0 aliphatic heterocycles. The third kappa shape index (κ3) is 4.25. The summed E-state index contributed by atoms with van der Waals surface area (Å²) in [5.74, 6) is 1.76. The van der Waals surface area contributed by atoms with Crippen LogP contribution in [-0.2, 0) is 0 Å². The molecule has 118 valence electrons. The van der Waals surface area contributed by atoms with Crippen molar-refractivity contribution in [1.82, 2.24) is 0 Å². The molecule has 5 heteroatoms. The normalized spacial score (nSPS) is 10.5. The first-order valence-electron chi connectivity index (χ1n) is 6.98. The molecule has 0 aliphatic carbocycles. The molecule has 0 spiro atoms. The highest BCUT2D eigenvalue weighted by atomic mass is 32.2. The molecule has 0 aliphatic rings. The molecule has 1 aromatic heterocycles. The molecule has 0 saturated carbocycles. The molecule has 0 saturated heterocycles. The van der Waals surface area contributed by atoms with Gasteiger partial charge in [-0.3, -0.25) is 0 Å². The zero-order valence-corrected chi connectivity index (χ0v) is 15.3. The molecule has 0 atom stereocenters. The first kappa shape index (κ1) is 16.3. The summed E-state index contributed by atoms with van der Waals surface area (Å²) in [6.07, 6.45) is 0. The van der Waals surface area contributed by atoms with Crippen LogP contribution in [0.4, 0.5) is 0 Å². The van der Waals surface area contributed by atoms with Crippen molar-refractivity contribution in [3.05, 3.63) is 59.3 Å². The lowest BCUT2D eigenvalue weighted by Crippen LogP contribution is -1.82. The van der Waals surface area contributed by atoms with Gasteiger partial charge in [-0.15, -0.1) is 0 Å². The van der Waals surface area contributed by atoms with Crippen LogP contribution in [0, 0.1) is 0 Å². The van der Waals surface area contributed by atoms with Gasteiger partial charge in [0.05, 0.1) is 14.2 Å². The fourth-order valence-corrected chi connectivity index (χ4v) is 5.02. The lowest BCUT2D eigenvalue weighted by molar-refractivity contribution is 0.414. The van der Waals surface area contributed by atoms with E-state index in [4.69, 9.17) is 9.47 Å². The first-order chi connectivity index (χ1) is 11.3. The van der Waals surface area contributed by atoms with Crippen LogP contribution >= 0.6 is 34.9 Å². The van der Waals surface area contributed by atoms with Gasteiger partial charge < -0.3 is 9.47 Å². The molecule has 0 radical (unpaired) electrons. The largest absolute Gasteiger partial charge is 0.497 e. The molecule has 23 heavy (non-hydrogen) atoms. The van der Waals surface area contributed by atoms with Crippen LogP contribution in [0.2, 0.25) is 0 Å². The maximum absolute atomic E-state index is 5.20. The number of ether oxygens (including phenoxy) is 2. The summed E-state index contributed by atoms with van der Waals surface area (Å²) >= 11 is 5.28. The van der Waals surface area contributed by atoms with Gasteiger partial charge in [-0.2, -0.15) is 11.3 Å². The van der Waals surface area contributed by atoms with Crippen molar-refractivity contribution >= 4 is 34.9 Å². The van der Waals surface area contributed by atoms with E-state index in [1.807, 2.05) is 24.3 Å². The highest BCUT2D eigenvalue weighted by Crippen LogP contribution is 2.41. The minimum atomic E-state index is 0.882. The Hall–Kier alpha value is -1.56. The van der Waals surface area contributed by atoms with E-state index in [1.54, 1.807) is 49.1 Å². The highest BCUT2D eigenvalue weighted by molar-refractivity contribution is 8.02. The molecule has 0 N–H and O–H groups in total. The average Bonchev–Trinajstić information content (AvgIpc) is 3.03. The van der Waals surface area contributed by atoms with Gasteiger partial charge in [0.25, 0.3) is 0 Å². The van der Waals surface area contributed by atoms with Crippen molar-refractivity contribution in [2.24, 2.45) is 0 Å². The smallest absolute Gasteiger partial charge is 0.118 e. The zero-order chi connectivity index (χ0) is 16.1. The van der Waals surface area contributed by atoms with Crippen LogP contribution in [0.25, 0.3) is 0 Å². The molecule has 2 nitrogen and oxygen atoms in total. The molecule has 1 heterocycles. The predicted molar refractivity (Wildman–Crippen MR) is 98.6 cm³/mol. The number of hydrogen-bond donors (Lipinski definition) is 0. The second-order valence-corrected chi connectivity index (χ2v) is 7.63. The molecule has 0 unspecified atom stereocenters. The van der Waals surface area contributed by atoms with Gasteiger partial charge in [0.15, 0.2) is 0 Å². The van der Waals surface area contributed by atoms with E-state index in [-0.39, 0.29) is 0 Å². The van der Waals surface area contributed by atoms with Crippen LogP contribution in [0.5, 0.6) is 11.5 Å². The molecular formula is C18H16O2S3. The van der Waals surface area contributed by atoms with Crippen LogP contribution < -0.4 is 9.47 Å². The Morgan fingerprint density at radius 3 is 1.39 bits per heavy atom. The summed E-state index contributed by atoms with van der Waals surface area (Å²) in [7, 11) is 3.37. The van der Waals surface area contributed by atoms with Gasteiger partial charge in [0, 0.05) is 30.3 Å². The molecular weight excluding hydrogens is 344 g/mol. The van der Waals surface area contributed by atoms with Gasteiger partial charge in [0.2, 0.25) is 0 Å². The fraction of sp³-hybridized carbons (Fsp3) is 0.111. The van der Waals surface area contributed by atoms with E-state index in [2.05, 4.69) is 35.0 Å². The number of benzene rings is 2. The van der Waals surface area contributed by atoms with E-state index in [1.165, 1.54) is 19.6 Å². The number of thiophene rings is 1. The summed E-state index contributed by atoms with van der Waals surface area (Å²) < 4.78 is 10.4. The number of hydrogen-bond acceptors (Lipinski definition) is 5. The molecule has 3 aromatic rings. The standard InChI is InChI=1S/C18H16O2S3/c1-19-13-3-7-15(8-4-13)22-17-11-21-12-18(17)23-16-9-5-14(20-2)6-10-16/h3-12H,1-2H3. The van der Waals surface area contributed by atoms with Crippen LogP contribution in [-0.4, -0.2) is 14.2 Å². The molecule has 0 fully saturated rings. The molecule has 3 rings (SSSR count). The lowest BCUT2D eigenvalue weighted by atomic mass is 10.3. The third-order valence-corrected chi connectivity index (χ3v) is 6.47. The summed E-state index contributed by atoms with van der Waals surface area (Å²) in [4.78, 5) is 4.98. The summed E-state index contributed by atoms with van der Waals surface area (Å²) in [6, 6.07) is 16.3. The van der Waals surface area contributed by atoms with E-state index in [0.717, 1.165) is 11.5 Å². The zero-order valence-electron chi connectivity index (χ0n) is 12.8. The van der Waals surface area contributed by atoms with Gasteiger partial charge in [0.1, 0.15) is 11.5 Å². The van der Waals surface area contributed by atoms with Crippen molar-refractivity contribution in [3.63, 3.8) is 0 Å². The van der Waals surface area contributed by atoms with Crippen molar-refractivity contribution in [1.29, 1.82) is 0 Å². The predicted octanol–water partition coefficient (Wildman–Crippen LogP) is 6.07. The van der Waals surface area contributed by atoms with Gasteiger partial charge >= 0.3 is 0 Å². The Labute approximate surface area is 148 Å². The topological polar surface area (TPSA) is 18.5 Å². The molecule has 2 aromatic carbocycles. The number of rotatable bonds is 6. The average molecular weight is 361 g/mol. The molecule has 0 amide bonds. The van der Waals surface area contributed by atoms with Crippen LogP contribution in [0.1, 0.15) is 0 Å². The third-order valence-electron chi connectivity index (χ3n) is 3.17. The minimum Gasteiger partial charge on any atom is -0.497 e. The highest BCUT2D eigenvalue weighted by Gasteiger charge is 2.08. The minimum absolute atomic E-state index is 0.882. The van der Waals surface area contributed by atoms with Crippen molar-refractivity contribution in [2.45, 2.75) is 19.6 Å². The van der Waals surface area contributed by atoms with Gasteiger partial charge in [-0.05, 0) is 48.5 Å². The second kappa shape index (κ2) is 7.81. The lowest BCUT2D eigenvalue weighted by Gasteiger charge is -2.06. The Bertz CT molecular complexity index is 685. The second-order valence-electron chi connectivity index (χ2n) is 4.66. The molecule has 0 bridgehead atoms. The maximum Gasteiger partial charge on any atom is 0.118 e. The van der Waals surface area contributed by atoms with E-state index < -0.39 is 0 Å². The Balaban J connectivity index is 1.73. The van der Waals surface area contributed by atoms with Crippen LogP contribution in [0.15, 0.2) is 78.9 Å². The van der Waals surface area contributed by atoms with Crippen LogP contribution in [0.3, 0.4) is 0 Å². The quantitative estimate of drug-likeness (QED) is 0.531. The summed E-state index contributed by atoms with van der Waals surface area (Å²) in [5, 5.41) is 4.39. The van der Waals surface area contributed by atoms with Crippen molar-refractivity contribution < 1.29 is 9.47 Å².